The average molecular weight is 504 g/mol. The molecule has 2 amide bonds. The molecule has 0 spiro atoms. The summed E-state index contributed by atoms with van der Waals surface area (Å²) in [5.74, 6) is 1.88. The summed E-state index contributed by atoms with van der Waals surface area (Å²) in [7, 11) is 0. The highest BCUT2D eigenvalue weighted by Crippen LogP contribution is 2.59. The molecule has 4 aliphatic rings. The molecule has 6 heteroatoms. The second-order valence-corrected chi connectivity index (χ2v) is 11.6. The highest BCUT2D eigenvalue weighted by atomic mass is 16.3. The van der Waals surface area contributed by atoms with Crippen LogP contribution in [0.2, 0.25) is 0 Å². The number of piperazine rings is 1. The zero-order chi connectivity index (χ0) is 26.0. The third-order valence-electron chi connectivity index (χ3n) is 9.25. The lowest BCUT2D eigenvalue weighted by Gasteiger charge is -2.57. The van der Waals surface area contributed by atoms with Gasteiger partial charge >= 0.3 is 0 Å². The monoisotopic (exact) mass is 503 g/mol. The molecule has 2 heterocycles. The SMILES string of the molecule is CCC(C(=O)N1CCN(CCN(CC2=CCC3CC2C3(C)C)C(=O)c2ccco2)CC1)c1ccccc1. The van der Waals surface area contributed by atoms with Crippen LogP contribution in [0, 0.1) is 17.3 Å². The number of nitrogens with zero attached hydrogens (tertiary/aromatic N) is 3. The summed E-state index contributed by atoms with van der Waals surface area (Å²) >= 11 is 0. The molecule has 2 bridgehead atoms. The van der Waals surface area contributed by atoms with E-state index in [9.17, 15) is 9.59 Å². The fraction of sp³-hybridized carbons (Fsp3) is 0.548. The van der Waals surface area contributed by atoms with Gasteiger partial charge in [-0.2, -0.15) is 0 Å². The summed E-state index contributed by atoms with van der Waals surface area (Å²) in [5.41, 5.74) is 2.85. The van der Waals surface area contributed by atoms with Gasteiger partial charge < -0.3 is 14.2 Å². The Balaban J connectivity index is 1.18. The molecule has 1 aromatic carbocycles. The van der Waals surface area contributed by atoms with Crippen molar-refractivity contribution in [3.8, 4) is 0 Å². The molecule has 0 N–H and O–H groups in total. The Morgan fingerprint density at radius 3 is 2.46 bits per heavy atom. The second kappa shape index (κ2) is 10.9. The van der Waals surface area contributed by atoms with E-state index in [1.54, 1.807) is 18.4 Å². The Bertz CT molecular complexity index is 1100. The second-order valence-electron chi connectivity index (χ2n) is 11.6. The molecule has 3 unspecified atom stereocenters. The first kappa shape index (κ1) is 25.8. The Morgan fingerprint density at radius 1 is 1.08 bits per heavy atom. The van der Waals surface area contributed by atoms with Gasteiger partial charge in [-0.25, -0.2) is 0 Å². The van der Waals surface area contributed by atoms with Crippen LogP contribution < -0.4 is 0 Å². The molecule has 3 atom stereocenters. The minimum Gasteiger partial charge on any atom is -0.459 e. The van der Waals surface area contributed by atoms with E-state index in [2.05, 4.69) is 43.9 Å². The van der Waals surface area contributed by atoms with E-state index in [1.165, 1.54) is 12.0 Å². The van der Waals surface area contributed by atoms with E-state index in [4.69, 9.17) is 4.42 Å². The van der Waals surface area contributed by atoms with Gasteiger partial charge in [0.1, 0.15) is 0 Å². The molecular formula is C31H41N3O3. The largest absolute Gasteiger partial charge is 0.459 e. The third kappa shape index (κ3) is 5.26. The lowest BCUT2D eigenvalue weighted by molar-refractivity contribution is -0.134. The molecule has 6 nitrogen and oxygen atoms in total. The van der Waals surface area contributed by atoms with E-state index >= 15 is 0 Å². The molecule has 1 aliphatic heterocycles. The van der Waals surface area contributed by atoms with Crippen LogP contribution in [-0.2, 0) is 4.79 Å². The van der Waals surface area contributed by atoms with Gasteiger partial charge in [0, 0.05) is 45.8 Å². The number of hydrogen-bond acceptors (Lipinski definition) is 4. The first-order chi connectivity index (χ1) is 17.9. The van der Waals surface area contributed by atoms with Crippen molar-refractivity contribution in [3.63, 3.8) is 0 Å². The number of carbonyl (C=O) groups is 2. The van der Waals surface area contributed by atoms with Crippen LogP contribution in [0.25, 0.3) is 0 Å². The summed E-state index contributed by atoms with van der Waals surface area (Å²) in [6.07, 6.45) is 7.13. The van der Waals surface area contributed by atoms with Crippen LogP contribution in [0.3, 0.4) is 0 Å². The lowest BCUT2D eigenvalue weighted by Crippen LogP contribution is -2.52. The molecule has 2 fully saturated rings. The quantitative estimate of drug-likeness (QED) is 0.449. The van der Waals surface area contributed by atoms with Crippen molar-refractivity contribution in [1.82, 2.24) is 14.7 Å². The van der Waals surface area contributed by atoms with Gasteiger partial charge in [0.05, 0.1) is 12.2 Å². The molecule has 198 valence electrons. The Morgan fingerprint density at radius 2 is 1.84 bits per heavy atom. The smallest absolute Gasteiger partial charge is 0.289 e. The van der Waals surface area contributed by atoms with Gasteiger partial charge in [0.25, 0.3) is 5.91 Å². The van der Waals surface area contributed by atoms with Gasteiger partial charge in [-0.1, -0.05) is 62.8 Å². The maximum atomic E-state index is 13.4. The van der Waals surface area contributed by atoms with E-state index in [1.807, 2.05) is 28.0 Å². The summed E-state index contributed by atoms with van der Waals surface area (Å²) in [6, 6.07) is 13.7. The highest BCUT2D eigenvalue weighted by Gasteiger charge is 2.51. The van der Waals surface area contributed by atoms with Crippen LogP contribution in [0.1, 0.15) is 62.1 Å². The first-order valence-electron chi connectivity index (χ1n) is 14.0. The number of amides is 2. The molecule has 6 rings (SSSR count). The molecule has 3 aliphatic carbocycles. The number of fused-ring (bicyclic) bond motifs is 1. The third-order valence-corrected chi connectivity index (χ3v) is 9.25. The Kier molecular flexibility index (Phi) is 7.57. The minimum absolute atomic E-state index is 0.0346. The maximum Gasteiger partial charge on any atom is 0.289 e. The van der Waals surface area contributed by atoms with Crippen LogP contribution >= 0.6 is 0 Å². The van der Waals surface area contributed by atoms with Gasteiger partial charge in [0.2, 0.25) is 5.91 Å². The zero-order valence-corrected chi connectivity index (χ0v) is 22.6. The Hall–Kier alpha value is -2.86. The van der Waals surface area contributed by atoms with Gasteiger partial charge in [-0.05, 0) is 54.2 Å². The van der Waals surface area contributed by atoms with E-state index < -0.39 is 0 Å². The molecule has 1 saturated heterocycles. The van der Waals surface area contributed by atoms with Crippen LogP contribution in [0.5, 0.6) is 0 Å². The van der Waals surface area contributed by atoms with Gasteiger partial charge in [-0.15, -0.1) is 0 Å². The number of allylic oxidation sites excluding steroid dienone is 1. The molecule has 0 radical (unpaired) electrons. The van der Waals surface area contributed by atoms with Crippen molar-refractivity contribution in [1.29, 1.82) is 0 Å². The number of carbonyl (C=O) groups excluding carboxylic acids is 2. The predicted molar refractivity (Wildman–Crippen MR) is 145 cm³/mol. The topological polar surface area (TPSA) is 57.0 Å². The molecule has 1 saturated carbocycles. The van der Waals surface area contributed by atoms with Crippen molar-refractivity contribution in [2.75, 3.05) is 45.8 Å². The summed E-state index contributed by atoms with van der Waals surface area (Å²) in [5, 5.41) is 0. The van der Waals surface area contributed by atoms with Crippen LogP contribution in [0.4, 0.5) is 0 Å². The summed E-state index contributed by atoms with van der Waals surface area (Å²) < 4.78 is 5.48. The van der Waals surface area contributed by atoms with Crippen LogP contribution in [0.15, 0.2) is 64.8 Å². The van der Waals surface area contributed by atoms with Crippen molar-refractivity contribution in [2.45, 2.75) is 46.0 Å². The van der Waals surface area contributed by atoms with E-state index in [0.29, 0.717) is 30.2 Å². The first-order valence-corrected chi connectivity index (χ1v) is 14.0. The zero-order valence-electron chi connectivity index (χ0n) is 22.6. The van der Waals surface area contributed by atoms with Crippen molar-refractivity contribution >= 4 is 11.8 Å². The molecule has 2 aromatic rings. The van der Waals surface area contributed by atoms with E-state index in [-0.39, 0.29) is 17.7 Å². The summed E-state index contributed by atoms with van der Waals surface area (Å²) in [6.45, 7) is 12.1. The van der Waals surface area contributed by atoms with Gasteiger partial charge in [0.15, 0.2) is 5.76 Å². The maximum absolute atomic E-state index is 13.4. The molecule has 1 aromatic heterocycles. The number of hydrogen-bond donors (Lipinski definition) is 0. The summed E-state index contributed by atoms with van der Waals surface area (Å²) in [4.78, 5) is 33.0. The van der Waals surface area contributed by atoms with Crippen molar-refractivity contribution in [2.24, 2.45) is 17.3 Å². The Labute approximate surface area is 221 Å². The van der Waals surface area contributed by atoms with Gasteiger partial charge in [-0.3, -0.25) is 14.5 Å². The van der Waals surface area contributed by atoms with Crippen LogP contribution in [-0.4, -0.2) is 72.3 Å². The molecule has 37 heavy (non-hydrogen) atoms. The predicted octanol–water partition coefficient (Wildman–Crippen LogP) is 5.05. The van der Waals surface area contributed by atoms with E-state index in [0.717, 1.165) is 57.0 Å². The van der Waals surface area contributed by atoms with Crippen molar-refractivity contribution in [3.05, 3.63) is 71.7 Å². The highest BCUT2D eigenvalue weighted by molar-refractivity contribution is 5.91. The fourth-order valence-electron chi connectivity index (χ4n) is 6.60. The number of rotatable bonds is 9. The fourth-order valence-corrected chi connectivity index (χ4v) is 6.60. The lowest BCUT2D eigenvalue weighted by atomic mass is 9.49. The average Bonchev–Trinajstić information content (AvgIpc) is 3.47. The normalized spacial score (nSPS) is 23.6. The molecular weight excluding hydrogens is 462 g/mol. The number of furan rings is 1. The number of benzene rings is 1. The van der Waals surface area contributed by atoms with Crippen molar-refractivity contribution < 1.29 is 14.0 Å². The standard InChI is InChI=1S/C31H41N3O3/c1-4-26(23-9-6-5-7-10-23)29(35)33-17-14-32(15-18-33)16-19-34(30(36)28-11-8-20-37-28)22-24-12-13-25-21-27(24)31(25,2)3/h5-12,20,25-27H,4,13-19,21-22H2,1-3H3. The minimum atomic E-state index is -0.0757.